The molecule has 1 heterocycles. The maximum atomic E-state index is 13.3. The van der Waals surface area contributed by atoms with Gasteiger partial charge < -0.3 is 9.84 Å². The number of benzene rings is 1. The van der Waals surface area contributed by atoms with E-state index in [0.29, 0.717) is 13.2 Å². The molecule has 0 radical (unpaired) electrons. The van der Waals surface area contributed by atoms with Gasteiger partial charge in [0, 0.05) is 17.4 Å². The standard InChI is InChI=1S/C13H14F2O2/c14-10-2-1-9(5-11(10)15)13(7-17-8-13)12(6-16)3-4-12/h1-2,5,16H,3-4,6-8H2. The topological polar surface area (TPSA) is 29.5 Å². The van der Waals surface area contributed by atoms with Gasteiger partial charge in [-0.25, -0.2) is 8.78 Å². The zero-order chi connectivity index (χ0) is 12.1. The van der Waals surface area contributed by atoms with Crippen molar-refractivity contribution in [2.75, 3.05) is 19.8 Å². The van der Waals surface area contributed by atoms with Crippen LogP contribution in [0.1, 0.15) is 18.4 Å². The number of hydrogen-bond acceptors (Lipinski definition) is 2. The molecule has 2 fully saturated rings. The Morgan fingerprint density at radius 3 is 2.29 bits per heavy atom. The molecule has 1 aromatic rings. The quantitative estimate of drug-likeness (QED) is 0.875. The minimum absolute atomic E-state index is 0.0787. The SMILES string of the molecule is OCC1(C2(c3ccc(F)c(F)c3)COC2)CC1. The molecule has 0 spiro atoms. The van der Waals surface area contributed by atoms with Gasteiger partial charge in [0.05, 0.1) is 13.2 Å². The molecular weight excluding hydrogens is 226 g/mol. The molecule has 4 heteroatoms. The van der Waals surface area contributed by atoms with Gasteiger partial charge in [-0.3, -0.25) is 0 Å². The first-order chi connectivity index (χ1) is 8.13. The van der Waals surface area contributed by atoms with Gasteiger partial charge in [0.2, 0.25) is 0 Å². The molecule has 0 amide bonds. The Kier molecular flexibility index (Phi) is 2.28. The number of rotatable bonds is 3. The van der Waals surface area contributed by atoms with Gasteiger partial charge in [0.1, 0.15) is 0 Å². The zero-order valence-corrected chi connectivity index (χ0v) is 9.38. The van der Waals surface area contributed by atoms with E-state index in [1.54, 1.807) is 6.07 Å². The molecular formula is C13H14F2O2. The van der Waals surface area contributed by atoms with E-state index in [1.807, 2.05) is 0 Å². The molecule has 1 N–H and O–H groups in total. The van der Waals surface area contributed by atoms with Crippen LogP contribution in [0.2, 0.25) is 0 Å². The van der Waals surface area contributed by atoms with Gasteiger partial charge in [-0.1, -0.05) is 6.07 Å². The summed E-state index contributed by atoms with van der Waals surface area (Å²) in [4.78, 5) is 0. The van der Waals surface area contributed by atoms with Crippen molar-refractivity contribution in [3.8, 4) is 0 Å². The highest BCUT2D eigenvalue weighted by Crippen LogP contribution is 2.62. The number of aliphatic hydroxyl groups excluding tert-OH is 1. The Morgan fingerprint density at radius 2 is 1.88 bits per heavy atom. The van der Waals surface area contributed by atoms with E-state index in [-0.39, 0.29) is 17.4 Å². The summed E-state index contributed by atoms with van der Waals surface area (Å²) in [6.07, 6.45) is 1.84. The van der Waals surface area contributed by atoms with Crippen molar-refractivity contribution in [2.24, 2.45) is 5.41 Å². The fourth-order valence-corrected chi connectivity index (χ4v) is 2.82. The average Bonchev–Trinajstić information content (AvgIpc) is 3.03. The highest BCUT2D eigenvalue weighted by molar-refractivity contribution is 5.35. The van der Waals surface area contributed by atoms with E-state index in [9.17, 15) is 13.9 Å². The third-order valence-electron chi connectivity index (χ3n) is 4.34. The lowest BCUT2D eigenvalue weighted by Crippen LogP contribution is -2.55. The lowest BCUT2D eigenvalue weighted by molar-refractivity contribution is -0.110. The summed E-state index contributed by atoms with van der Waals surface area (Å²) in [5, 5.41) is 9.52. The maximum Gasteiger partial charge on any atom is 0.159 e. The van der Waals surface area contributed by atoms with E-state index in [2.05, 4.69) is 0 Å². The van der Waals surface area contributed by atoms with Crippen LogP contribution in [-0.2, 0) is 10.2 Å². The molecule has 17 heavy (non-hydrogen) atoms. The van der Waals surface area contributed by atoms with Gasteiger partial charge in [0.15, 0.2) is 11.6 Å². The molecule has 2 aliphatic rings. The molecule has 3 rings (SSSR count). The smallest absolute Gasteiger partial charge is 0.159 e. The van der Waals surface area contributed by atoms with Crippen LogP contribution in [0, 0.1) is 17.0 Å². The van der Waals surface area contributed by atoms with Crippen LogP contribution >= 0.6 is 0 Å². The summed E-state index contributed by atoms with van der Waals surface area (Å²) in [6, 6.07) is 4.00. The fraction of sp³-hybridized carbons (Fsp3) is 0.538. The molecule has 1 aromatic carbocycles. The van der Waals surface area contributed by atoms with Crippen molar-refractivity contribution in [1.29, 1.82) is 0 Å². The normalized spacial score (nSPS) is 24.2. The number of halogens is 2. The average molecular weight is 240 g/mol. The summed E-state index contributed by atoms with van der Waals surface area (Å²) in [7, 11) is 0. The van der Waals surface area contributed by atoms with Crippen LogP contribution in [0.25, 0.3) is 0 Å². The first kappa shape index (κ1) is 11.1. The van der Waals surface area contributed by atoms with E-state index in [1.165, 1.54) is 6.07 Å². The van der Waals surface area contributed by atoms with Crippen molar-refractivity contribution in [3.05, 3.63) is 35.4 Å². The van der Waals surface area contributed by atoms with Gasteiger partial charge in [-0.2, -0.15) is 0 Å². The predicted molar refractivity (Wildman–Crippen MR) is 57.6 cm³/mol. The van der Waals surface area contributed by atoms with Crippen molar-refractivity contribution in [3.63, 3.8) is 0 Å². The van der Waals surface area contributed by atoms with Crippen LogP contribution in [0.4, 0.5) is 8.78 Å². The highest BCUT2D eigenvalue weighted by atomic mass is 19.2. The van der Waals surface area contributed by atoms with Crippen LogP contribution in [0.5, 0.6) is 0 Å². The maximum absolute atomic E-state index is 13.3. The molecule has 0 unspecified atom stereocenters. The summed E-state index contributed by atoms with van der Waals surface area (Å²) < 4.78 is 31.5. The largest absolute Gasteiger partial charge is 0.396 e. The minimum atomic E-state index is -0.835. The number of aliphatic hydroxyl groups is 1. The summed E-state index contributed by atoms with van der Waals surface area (Å²) in [5.74, 6) is -1.67. The number of ether oxygens (including phenoxy) is 1. The van der Waals surface area contributed by atoms with Gasteiger partial charge in [-0.05, 0) is 30.5 Å². The Morgan fingerprint density at radius 1 is 1.18 bits per heavy atom. The van der Waals surface area contributed by atoms with Gasteiger partial charge in [-0.15, -0.1) is 0 Å². The molecule has 0 aromatic heterocycles. The Bertz CT molecular complexity index is 451. The second-order valence-electron chi connectivity index (χ2n) is 5.14. The van der Waals surface area contributed by atoms with E-state index in [0.717, 1.165) is 24.5 Å². The fourth-order valence-electron chi connectivity index (χ4n) is 2.82. The van der Waals surface area contributed by atoms with Crippen LogP contribution in [0.15, 0.2) is 18.2 Å². The van der Waals surface area contributed by atoms with Crippen molar-refractivity contribution >= 4 is 0 Å². The Balaban J connectivity index is 2.03. The van der Waals surface area contributed by atoms with Crippen LogP contribution in [0.3, 0.4) is 0 Å². The Hall–Kier alpha value is -1.00. The lowest BCUT2D eigenvalue weighted by atomic mass is 9.66. The van der Waals surface area contributed by atoms with Crippen molar-refractivity contribution in [1.82, 2.24) is 0 Å². The summed E-state index contributed by atoms with van der Waals surface area (Å²) in [5.41, 5.74) is 0.237. The molecule has 2 nitrogen and oxygen atoms in total. The third kappa shape index (κ3) is 1.37. The van der Waals surface area contributed by atoms with Crippen LogP contribution in [-0.4, -0.2) is 24.9 Å². The van der Waals surface area contributed by atoms with E-state index < -0.39 is 11.6 Å². The van der Waals surface area contributed by atoms with Gasteiger partial charge in [0.25, 0.3) is 0 Å². The molecule has 0 bridgehead atoms. The minimum Gasteiger partial charge on any atom is -0.396 e. The second-order valence-corrected chi connectivity index (χ2v) is 5.14. The van der Waals surface area contributed by atoms with E-state index in [4.69, 9.17) is 4.74 Å². The molecule has 1 aliphatic heterocycles. The van der Waals surface area contributed by atoms with Gasteiger partial charge >= 0.3 is 0 Å². The van der Waals surface area contributed by atoms with Crippen molar-refractivity contribution in [2.45, 2.75) is 18.3 Å². The highest BCUT2D eigenvalue weighted by Gasteiger charge is 2.63. The second kappa shape index (κ2) is 3.50. The molecule has 1 saturated carbocycles. The predicted octanol–water partition coefficient (Wildman–Crippen LogP) is 2.01. The summed E-state index contributed by atoms with van der Waals surface area (Å²) >= 11 is 0. The zero-order valence-electron chi connectivity index (χ0n) is 9.38. The number of hydrogen-bond donors (Lipinski definition) is 1. The first-order valence-corrected chi connectivity index (χ1v) is 5.78. The monoisotopic (exact) mass is 240 g/mol. The van der Waals surface area contributed by atoms with Crippen LogP contribution < -0.4 is 0 Å². The van der Waals surface area contributed by atoms with Crippen molar-refractivity contribution < 1.29 is 18.6 Å². The molecule has 1 aliphatic carbocycles. The third-order valence-corrected chi connectivity index (χ3v) is 4.34. The first-order valence-electron chi connectivity index (χ1n) is 5.78. The van der Waals surface area contributed by atoms with E-state index >= 15 is 0 Å². The molecule has 0 atom stereocenters. The summed E-state index contributed by atoms with van der Waals surface area (Å²) in [6.45, 7) is 1.05. The Labute approximate surface area is 98.2 Å². The molecule has 1 saturated heterocycles. The molecule has 92 valence electrons. The lowest BCUT2D eigenvalue weighted by Gasteiger charge is -2.48.